The second-order valence-corrected chi connectivity index (χ2v) is 6.85. The van der Waals surface area contributed by atoms with E-state index in [9.17, 15) is 0 Å². The third-order valence-electron chi connectivity index (χ3n) is 4.19. The van der Waals surface area contributed by atoms with Crippen LogP contribution in [-0.4, -0.2) is 19.7 Å². The molecule has 0 spiro atoms. The normalized spacial score (nSPS) is 17.7. The van der Waals surface area contributed by atoms with Gasteiger partial charge in [-0.1, -0.05) is 58.4 Å². The lowest BCUT2D eigenvalue weighted by molar-refractivity contribution is 0.251. The molecule has 2 nitrogen and oxygen atoms in total. The Bertz CT molecular complexity index is 704. The monoisotopic (exact) mass is 383 g/mol. The van der Waals surface area contributed by atoms with E-state index < -0.39 is 0 Å². The number of halogens is 1. The third kappa shape index (κ3) is 4.37. The van der Waals surface area contributed by atoms with Crippen molar-refractivity contribution in [2.45, 2.75) is 18.4 Å². The summed E-state index contributed by atoms with van der Waals surface area (Å²) < 4.78 is 7.12. The number of benzene rings is 2. The van der Waals surface area contributed by atoms with Crippen molar-refractivity contribution in [3.05, 3.63) is 88.4 Å². The van der Waals surface area contributed by atoms with Gasteiger partial charge in [0.2, 0.25) is 0 Å². The molecule has 3 rings (SSSR count). The second-order valence-electron chi connectivity index (χ2n) is 5.94. The van der Waals surface area contributed by atoms with E-state index in [1.807, 2.05) is 13.1 Å². The first kappa shape index (κ1) is 17.0. The van der Waals surface area contributed by atoms with Crippen molar-refractivity contribution in [1.82, 2.24) is 5.32 Å². The summed E-state index contributed by atoms with van der Waals surface area (Å²) in [6.45, 7) is 0.901. The standard InChI is InChI=1S/C21H22BrNO/c1-23-15-21(16-7-11-18(22)12-8-16)17-9-13-20(14-10-17)24-19-5-3-2-4-6-19/h2-5,7-14,19,21,23H,6,15H2,1H3. The van der Waals surface area contributed by atoms with Crippen LogP contribution in [-0.2, 0) is 0 Å². The zero-order valence-electron chi connectivity index (χ0n) is 13.8. The summed E-state index contributed by atoms with van der Waals surface area (Å²) in [6.07, 6.45) is 9.40. The van der Waals surface area contributed by atoms with E-state index in [0.717, 1.165) is 23.2 Å². The number of nitrogens with one attached hydrogen (secondary N) is 1. The number of allylic oxidation sites excluding steroid dienone is 2. The fourth-order valence-electron chi connectivity index (χ4n) is 2.93. The van der Waals surface area contributed by atoms with Gasteiger partial charge in [0, 0.05) is 23.4 Å². The largest absolute Gasteiger partial charge is 0.486 e. The molecular weight excluding hydrogens is 362 g/mol. The molecular formula is C21H22BrNO. The highest BCUT2D eigenvalue weighted by Gasteiger charge is 2.14. The van der Waals surface area contributed by atoms with Crippen LogP contribution in [0.4, 0.5) is 0 Å². The van der Waals surface area contributed by atoms with Crippen LogP contribution in [0.25, 0.3) is 0 Å². The van der Waals surface area contributed by atoms with Crippen molar-refractivity contribution in [2.75, 3.05) is 13.6 Å². The summed E-state index contributed by atoms with van der Waals surface area (Å²) in [6, 6.07) is 17.0. The van der Waals surface area contributed by atoms with Crippen molar-refractivity contribution >= 4 is 15.9 Å². The van der Waals surface area contributed by atoms with Crippen molar-refractivity contribution in [1.29, 1.82) is 0 Å². The van der Waals surface area contributed by atoms with Gasteiger partial charge in [0.05, 0.1) is 0 Å². The Morgan fingerprint density at radius 1 is 1.04 bits per heavy atom. The van der Waals surface area contributed by atoms with Crippen LogP contribution >= 0.6 is 15.9 Å². The highest BCUT2D eigenvalue weighted by molar-refractivity contribution is 9.10. The zero-order chi connectivity index (χ0) is 16.8. The predicted octanol–water partition coefficient (Wildman–Crippen LogP) is 5.06. The van der Waals surface area contributed by atoms with E-state index in [1.165, 1.54) is 11.1 Å². The van der Waals surface area contributed by atoms with Crippen molar-refractivity contribution < 1.29 is 4.74 Å². The van der Waals surface area contributed by atoms with Crippen molar-refractivity contribution in [3.8, 4) is 5.75 Å². The number of ether oxygens (including phenoxy) is 1. The molecule has 124 valence electrons. The van der Waals surface area contributed by atoms with Crippen LogP contribution in [0.3, 0.4) is 0 Å². The molecule has 2 atom stereocenters. The average molecular weight is 384 g/mol. The molecule has 2 unspecified atom stereocenters. The fraction of sp³-hybridized carbons (Fsp3) is 0.238. The van der Waals surface area contributed by atoms with E-state index in [-0.39, 0.29) is 6.10 Å². The Kier molecular flexibility index (Phi) is 5.89. The van der Waals surface area contributed by atoms with E-state index >= 15 is 0 Å². The number of hydrogen-bond donors (Lipinski definition) is 1. The molecule has 0 aliphatic heterocycles. The van der Waals surface area contributed by atoms with Gasteiger partial charge in [-0.15, -0.1) is 0 Å². The van der Waals surface area contributed by atoms with E-state index in [2.05, 4.69) is 88.0 Å². The Morgan fingerprint density at radius 3 is 2.29 bits per heavy atom. The topological polar surface area (TPSA) is 21.3 Å². The molecule has 0 saturated carbocycles. The van der Waals surface area contributed by atoms with Crippen molar-refractivity contribution in [3.63, 3.8) is 0 Å². The molecule has 0 radical (unpaired) electrons. The highest BCUT2D eigenvalue weighted by atomic mass is 79.9. The number of rotatable bonds is 6. The summed E-state index contributed by atoms with van der Waals surface area (Å²) in [5.74, 6) is 1.25. The molecule has 1 aliphatic rings. The predicted molar refractivity (Wildman–Crippen MR) is 104 cm³/mol. The lowest BCUT2D eigenvalue weighted by Gasteiger charge is -2.20. The van der Waals surface area contributed by atoms with E-state index in [1.54, 1.807) is 0 Å². The summed E-state index contributed by atoms with van der Waals surface area (Å²) in [4.78, 5) is 0. The van der Waals surface area contributed by atoms with Crippen LogP contribution in [0, 0.1) is 0 Å². The minimum Gasteiger partial charge on any atom is -0.486 e. The molecule has 1 aliphatic carbocycles. The molecule has 2 aromatic carbocycles. The summed E-state index contributed by atoms with van der Waals surface area (Å²) in [7, 11) is 1.99. The van der Waals surface area contributed by atoms with Crippen LogP contribution in [0.2, 0.25) is 0 Å². The fourth-order valence-corrected chi connectivity index (χ4v) is 3.19. The Morgan fingerprint density at radius 2 is 1.71 bits per heavy atom. The minimum absolute atomic E-state index is 0.139. The molecule has 0 heterocycles. The zero-order valence-corrected chi connectivity index (χ0v) is 15.4. The van der Waals surface area contributed by atoms with Gasteiger partial charge >= 0.3 is 0 Å². The highest BCUT2D eigenvalue weighted by Crippen LogP contribution is 2.27. The third-order valence-corrected chi connectivity index (χ3v) is 4.72. The first-order chi connectivity index (χ1) is 11.8. The van der Waals surface area contributed by atoms with Crippen LogP contribution in [0.15, 0.2) is 77.3 Å². The summed E-state index contributed by atoms with van der Waals surface area (Å²) >= 11 is 3.50. The van der Waals surface area contributed by atoms with Crippen LogP contribution in [0.1, 0.15) is 23.5 Å². The van der Waals surface area contributed by atoms with Crippen molar-refractivity contribution in [2.24, 2.45) is 0 Å². The van der Waals surface area contributed by atoms with Gasteiger partial charge in [-0.2, -0.15) is 0 Å². The Hall–Kier alpha value is -1.84. The van der Waals surface area contributed by atoms with Crippen LogP contribution < -0.4 is 10.1 Å². The maximum absolute atomic E-state index is 6.01. The lowest BCUT2D eigenvalue weighted by atomic mass is 9.91. The molecule has 0 fully saturated rings. The van der Waals surface area contributed by atoms with Gasteiger partial charge in [0.1, 0.15) is 11.9 Å². The summed E-state index contributed by atoms with van der Waals surface area (Å²) in [5.41, 5.74) is 2.60. The van der Waals surface area contributed by atoms with Gasteiger partial charge in [-0.3, -0.25) is 0 Å². The molecule has 2 aromatic rings. The molecule has 0 aromatic heterocycles. The molecule has 0 saturated heterocycles. The van der Waals surface area contributed by atoms with Crippen LogP contribution in [0.5, 0.6) is 5.75 Å². The summed E-state index contributed by atoms with van der Waals surface area (Å²) in [5, 5.41) is 3.30. The Labute approximate surface area is 152 Å². The molecule has 24 heavy (non-hydrogen) atoms. The minimum atomic E-state index is 0.139. The maximum atomic E-state index is 6.01. The van der Waals surface area contributed by atoms with Gasteiger partial charge in [0.15, 0.2) is 0 Å². The maximum Gasteiger partial charge on any atom is 0.121 e. The van der Waals surface area contributed by atoms with Gasteiger partial charge in [-0.05, 0) is 48.5 Å². The second kappa shape index (κ2) is 8.32. The quantitative estimate of drug-likeness (QED) is 0.751. The van der Waals surface area contributed by atoms with Gasteiger partial charge in [-0.25, -0.2) is 0 Å². The molecule has 1 N–H and O–H groups in total. The first-order valence-electron chi connectivity index (χ1n) is 8.26. The van der Waals surface area contributed by atoms with Gasteiger partial charge in [0.25, 0.3) is 0 Å². The lowest BCUT2D eigenvalue weighted by Crippen LogP contribution is -2.18. The average Bonchev–Trinajstić information content (AvgIpc) is 2.62. The first-order valence-corrected chi connectivity index (χ1v) is 9.05. The molecule has 0 bridgehead atoms. The van der Waals surface area contributed by atoms with Gasteiger partial charge < -0.3 is 10.1 Å². The van der Waals surface area contributed by atoms with E-state index in [4.69, 9.17) is 4.74 Å². The smallest absolute Gasteiger partial charge is 0.121 e. The Balaban J connectivity index is 1.75. The van der Waals surface area contributed by atoms with E-state index in [0.29, 0.717) is 5.92 Å². The molecule has 3 heteroatoms. The molecule has 0 amide bonds. The SMILES string of the molecule is CNCC(c1ccc(Br)cc1)c1ccc(OC2C=CC=CC2)cc1. The number of hydrogen-bond acceptors (Lipinski definition) is 2. The number of likely N-dealkylation sites (N-methyl/N-ethyl adjacent to an activating group) is 1.